The fourth-order valence-corrected chi connectivity index (χ4v) is 4.25. The summed E-state index contributed by atoms with van der Waals surface area (Å²) in [5.41, 5.74) is 0.773. The monoisotopic (exact) mass is 474 g/mol. The van der Waals surface area contributed by atoms with E-state index in [0.717, 1.165) is 0 Å². The predicted molar refractivity (Wildman–Crippen MR) is 126 cm³/mol. The van der Waals surface area contributed by atoms with Crippen LogP contribution < -0.4 is 23.8 Å². The molecular formula is C26H22N2O7. The summed E-state index contributed by atoms with van der Waals surface area (Å²) in [6.45, 7) is 0.791. The third kappa shape index (κ3) is 3.80. The molecule has 1 atom stereocenters. The molecule has 9 heteroatoms. The molecule has 1 aromatic heterocycles. The molecule has 9 nitrogen and oxygen atoms in total. The number of fused-ring (bicyclic) bond motifs is 1. The van der Waals surface area contributed by atoms with E-state index in [0.29, 0.717) is 47.3 Å². The number of pyridine rings is 1. The first-order valence-corrected chi connectivity index (χ1v) is 10.9. The number of Topliss-reactive ketones (excluding diaryl/α,β-unsaturated/α-hetero) is 1. The highest BCUT2D eigenvalue weighted by Gasteiger charge is 2.47. The van der Waals surface area contributed by atoms with E-state index in [1.54, 1.807) is 54.6 Å². The SMILES string of the molecule is COc1ccc(C2C(=C(O)c3ccc4c(c3)OCCO4)C(=O)C(=O)N2c2ccccn2)cc1OC. The van der Waals surface area contributed by atoms with Gasteiger partial charge in [0, 0.05) is 11.8 Å². The average Bonchev–Trinajstić information content (AvgIpc) is 3.18. The molecule has 1 fully saturated rings. The van der Waals surface area contributed by atoms with Crippen LogP contribution in [0.4, 0.5) is 5.82 Å². The minimum atomic E-state index is -0.960. The third-order valence-electron chi connectivity index (χ3n) is 5.88. The standard InChI is InChI=1S/C26H22N2O7/c1-32-17-8-6-15(13-19(17)33-2)23-22(25(30)26(31)28(23)21-5-3-4-10-27-21)24(29)16-7-9-18-20(14-16)35-12-11-34-18/h3-10,13-14,23,29H,11-12H2,1-2H3. The maximum Gasteiger partial charge on any atom is 0.301 e. The van der Waals surface area contributed by atoms with Gasteiger partial charge >= 0.3 is 5.91 Å². The van der Waals surface area contributed by atoms with Crippen LogP contribution in [0.15, 0.2) is 66.4 Å². The molecule has 3 heterocycles. The van der Waals surface area contributed by atoms with Gasteiger partial charge in [-0.05, 0) is 48.0 Å². The van der Waals surface area contributed by atoms with E-state index in [2.05, 4.69) is 4.98 Å². The average molecular weight is 474 g/mol. The summed E-state index contributed by atoms with van der Waals surface area (Å²) < 4.78 is 21.9. The van der Waals surface area contributed by atoms with E-state index in [4.69, 9.17) is 18.9 Å². The van der Waals surface area contributed by atoms with Crippen molar-refractivity contribution in [2.45, 2.75) is 6.04 Å². The number of amides is 1. The number of ketones is 1. The number of anilines is 1. The number of benzene rings is 2. The van der Waals surface area contributed by atoms with E-state index >= 15 is 0 Å². The number of methoxy groups -OCH3 is 2. The zero-order valence-corrected chi connectivity index (χ0v) is 19.1. The summed E-state index contributed by atoms with van der Waals surface area (Å²) in [6, 6.07) is 14.0. The predicted octanol–water partition coefficient (Wildman–Crippen LogP) is 3.50. The number of carbonyl (C=O) groups excluding carboxylic acids is 2. The van der Waals surface area contributed by atoms with Crippen molar-refractivity contribution in [1.82, 2.24) is 4.98 Å². The number of rotatable bonds is 5. The Hall–Kier alpha value is -4.53. The Morgan fingerprint density at radius 3 is 2.46 bits per heavy atom. The largest absolute Gasteiger partial charge is 0.507 e. The van der Waals surface area contributed by atoms with E-state index in [1.165, 1.54) is 25.3 Å². The summed E-state index contributed by atoms with van der Waals surface area (Å²) >= 11 is 0. The van der Waals surface area contributed by atoms with Crippen LogP contribution in [0.1, 0.15) is 17.2 Å². The molecule has 0 saturated carbocycles. The van der Waals surface area contributed by atoms with Gasteiger partial charge in [0.25, 0.3) is 5.78 Å². The van der Waals surface area contributed by atoms with Gasteiger partial charge in [-0.3, -0.25) is 14.5 Å². The number of carbonyl (C=O) groups is 2. The number of ether oxygens (including phenoxy) is 4. The van der Waals surface area contributed by atoms with Crippen LogP contribution in [-0.2, 0) is 9.59 Å². The number of aliphatic hydroxyl groups excluding tert-OH is 1. The van der Waals surface area contributed by atoms with Crippen LogP contribution >= 0.6 is 0 Å². The number of nitrogens with zero attached hydrogens (tertiary/aromatic N) is 2. The van der Waals surface area contributed by atoms with Gasteiger partial charge in [-0.1, -0.05) is 12.1 Å². The van der Waals surface area contributed by atoms with Crippen LogP contribution in [0.25, 0.3) is 5.76 Å². The molecule has 2 aliphatic rings. The van der Waals surface area contributed by atoms with Crippen molar-refractivity contribution in [3.63, 3.8) is 0 Å². The first kappa shape index (κ1) is 22.3. The minimum absolute atomic E-state index is 0.0791. The van der Waals surface area contributed by atoms with Gasteiger partial charge in [0.1, 0.15) is 24.8 Å². The lowest BCUT2D eigenvalue weighted by Crippen LogP contribution is -2.30. The van der Waals surface area contributed by atoms with Gasteiger partial charge in [-0.25, -0.2) is 4.98 Å². The van der Waals surface area contributed by atoms with Gasteiger partial charge < -0.3 is 24.1 Å². The normalized spacial score (nSPS) is 18.5. The van der Waals surface area contributed by atoms with Crippen molar-refractivity contribution in [2.75, 3.05) is 32.3 Å². The maximum atomic E-state index is 13.3. The number of aromatic nitrogens is 1. The molecule has 0 bridgehead atoms. The molecule has 0 aliphatic carbocycles. The highest BCUT2D eigenvalue weighted by molar-refractivity contribution is 6.51. The molecular weight excluding hydrogens is 452 g/mol. The highest BCUT2D eigenvalue weighted by Crippen LogP contribution is 2.44. The minimum Gasteiger partial charge on any atom is -0.507 e. The maximum absolute atomic E-state index is 13.3. The fourth-order valence-electron chi connectivity index (χ4n) is 4.25. The molecule has 1 unspecified atom stereocenters. The Kier molecular flexibility index (Phi) is 5.74. The molecule has 5 rings (SSSR count). The molecule has 2 aliphatic heterocycles. The molecule has 0 radical (unpaired) electrons. The van der Waals surface area contributed by atoms with Crippen molar-refractivity contribution in [1.29, 1.82) is 0 Å². The van der Waals surface area contributed by atoms with E-state index in [1.807, 2.05) is 0 Å². The number of hydrogen-bond acceptors (Lipinski definition) is 8. The fraction of sp³-hybridized carbons (Fsp3) is 0.192. The Balaban J connectivity index is 1.71. The first-order valence-electron chi connectivity index (χ1n) is 10.9. The van der Waals surface area contributed by atoms with Crippen LogP contribution in [0.2, 0.25) is 0 Å². The van der Waals surface area contributed by atoms with Gasteiger partial charge in [-0.2, -0.15) is 0 Å². The summed E-state index contributed by atoms with van der Waals surface area (Å²) in [5, 5.41) is 11.3. The van der Waals surface area contributed by atoms with Gasteiger partial charge in [0.05, 0.1) is 25.8 Å². The lowest BCUT2D eigenvalue weighted by Gasteiger charge is -2.25. The van der Waals surface area contributed by atoms with Crippen LogP contribution in [0, 0.1) is 0 Å². The van der Waals surface area contributed by atoms with Crippen LogP contribution in [-0.4, -0.2) is 49.2 Å². The van der Waals surface area contributed by atoms with E-state index in [-0.39, 0.29) is 17.2 Å². The third-order valence-corrected chi connectivity index (χ3v) is 5.88. The Bertz CT molecular complexity index is 1340. The number of aliphatic hydroxyl groups is 1. The van der Waals surface area contributed by atoms with Crippen molar-refractivity contribution < 1.29 is 33.6 Å². The Labute approximate surface area is 201 Å². The molecule has 3 aromatic rings. The van der Waals surface area contributed by atoms with Crippen molar-refractivity contribution in [2.24, 2.45) is 0 Å². The van der Waals surface area contributed by atoms with E-state index < -0.39 is 17.7 Å². The smallest absolute Gasteiger partial charge is 0.301 e. The molecule has 0 spiro atoms. The van der Waals surface area contributed by atoms with Crippen molar-refractivity contribution in [3.05, 3.63) is 77.5 Å². The summed E-state index contributed by atoms with van der Waals surface area (Å²) in [5.74, 6) is 0.188. The molecule has 35 heavy (non-hydrogen) atoms. The second-order valence-corrected chi connectivity index (χ2v) is 7.83. The number of hydrogen-bond donors (Lipinski definition) is 1. The second-order valence-electron chi connectivity index (χ2n) is 7.83. The quantitative estimate of drug-likeness (QED) is 0.340. The summed E-state index contributed by atoms with van der Waals surface area (Å²) in [6.07, 6.45) is 1.53. The molecule has 1 N–H and O–H groups in total. The molecule has 2 aromatic carbocycles. The highest BCUT2D eigenvalue weighted by atomic mass is 16.6. The topological polar surface area (TPSA) is 107 Å². The molecule has 1 saturated heterocycles. The second kappa shape index (κ2) is 9.02. The zero-order valence-electron chi connectivity index (χ0n) is 19.1. The zero-order chi connectivity index (χ0) is 24.5. The molecule has 1 amide bonds. The van der Waals surface area contributed by atoms with Gasteiger partial charge in [0.2, 0.25) is 0 Å². The summed E-state index contributed by atoms with van der Waals surface area (Å²) in [4.78, 5) is 32.1. The van der Waals surface area contributed by atoms with Gasteiger partial charge in [0.15, 0.2) is 23.0 Å². The molecule has 178 valence electrons. The Morgan fingerprint density at radius 1 is 0.971 bits per heavy atom. The lowest BCUT2D eigenvalue weighted by molar-refractivity contribution is -0.132. The van der Waals surface area contributed by atoms with Crippen molar-refractivity contribution in [3.8, 4) is 23.0 Å². The first-order chi connectivity index (χ1) is 17.0. The van der Waals surface area contributed by atoms with Crippen LogP contribution in [0.3, 0.4) is 0 Å². The van der Waals surface area contributed by atoms with Gasteiger partial charge in [-0.15, -0.1) is 0 Å². The lowest BCUT2D eigenvalue weighted by atomic mass is 9.94. The van der Waals surface area contributed by atoms with Crippen LogP contribution in [0.5, 0.6) is 23.0 Å². The summed E-state index contributed by atoms with van der Waals surface area (Å²) in [7, 11) is 3.01. The Morgan fingerprint density at radius 2 is 1.74 bits per heavy atom. The van der Waals surface area contributed by atoms with E-state index in [9.17, 15) is 14.7 Å². The van der Waals surface area contributed by atoms with Crippen molar-refractivity contribution >= 4 is 23.3 Å².